The number of hydrogen-bond donors (Lipinski definition) is 1. The molecular weight excluding hydrogens is 484 g/mol. The highest BCUT2D eigenvalue weighted by atomic mass is 79.9. The molecule has 0 unspecified atom stereocenters. The summed E-state index contributed by atoms with van der Waals surface area (Å²) in [6.07, 6.45) is 3.90. The summed E-state index contributed by atoms with van der Waals surface area (Å²) in [4.78, 5) is 6.78. The van der Waals surface area contributed by atoms with Crippen molar-refractivity contribution in [1.82, 2.24) is 14.9 Å². The Morgan fingerprint density at radius 3 is 2.50 bits per heavy atom. The molecule has 5 nitrogen and oxygen atoms in total. The molecule has 0 bridgehead atoms. The number of hydrogen-bond acceptors (Lipinski definition) is 3. The van der Waals surface area contributed by atoms with Crippen LogP contribution in [0.1, 0.15) is 23.5 Å². The zero-order valence-electron chi connectivity index (χ0n) is 17.4. The Labute approximate surface area is 200 Å². The number of halogens is 1. The first-order chi connectivity index (χ1) is 15.7. The maximum Gasteiger partial charge on any atom is 0.174 e. The number of para-hydroxylation sites is 2. The third-order valence-corrected chi connectivity index (χ3v) is 6.47. The average Bonchev–Trinajstić information content (AvgIpc) is 3.44. The van der Waals surface area contributed by atoms with E-state index in [-0.39, 0.29) is 12.1 Å². The Hall–Kier alpha value is -3.16. The lowest BCUT2D eigenvalue weighted by atomic mass is 10.0. The van der Waals surface area contributed by atoms with Gasteiger partial charge >= 0.3 is 0 Å². The molecule has 1 aliphatic rings. The lowest BCUT2D eigenvalue weighted by Gasteiger charge is -2.30. The van der Waals surface area contributed by atoms with Gasteiger partial charge in [-0.15, -0.1) is 0 Å². The van der Waals surface area contributed by atoms with Gasteiger partial charge in [0.25, 0.3) is 0 Å². The Kier molecular flexibility index (Phi) is 5.68. The number of nitrogens with one attached hydrogen (secondary N) is 1. The fraction of sp³-hybridized carbons (Fsp3) is 0.120. The Morgan fingerprint density at radius 1 is 0.969 bits per heavy atom. The van der Waals surface area contributed by atoms with Gasteiger partial charge < -0.3 is 19.5 Å². The molecule has 2 atom stereocenters. The standard InChI is InChI=1S/C25H21BrN4OS/c1-31-22-10-3-2-8-20(22)30-24(23(28-25(30)32)19-7-4-5-15-27-19)21-9-6-16-29(21)18-13-11-17(26)12-14-18/h2-16,23-24H,1H3,(H,28,32)/t23-,24-/m0/s1. The normalized spacial score (nSPS) is 17.9. The SMILES string of the molecule is COc1ccccc1N1C(=S)N[C@@H](c2ccccn2)[C@@H]1c1cccn1-c1ccc(Br)cc1. The number of thiocarbonyl (C=S) groups is 1. The summed E-state index contributed by atoms with van der Waals surface area (Å²) in [6, 6.07) is 26.1. The minimum absolute atomic E-state index is 0.127. The largest absolute Gasteiger partial charge is 0.495 e. The number of rotatable bonds is 5. The molecule has 2 aromatic carbocycles. The summed E-state index contributed by atoms with van der Waals surface area (Å²) >= 11 is 9.38. The van der Waals surface area contributed by atoms with Gasteiger partial charge in [0.15, 0.2) is 5.11 Å². The van der Waals surface area contributed by atoms with Crippen molar-refractivity contribution in [2.24, 2.45) is 0 Å². The maximum absolute atomic E-state index is 5.85. The van der Waals surface area contributed by atoms with Gasteiger partial charge in [0.05, 0.1) is 24.5 Å². The van der Waals surface area contributed by atoms with Crippen LogP contribution in [-0.4, -0.2) is 21.8 Å². The Bertz CT molecular complexity index is 1240. The van der Waals surface area contributed by atoms with Gasteiger partial charge in [-0.05, 0) is 72.9 Å². The van der Waals surface area contributed by atoms with Crippen molar-refractivity contribution < 1.29 is 4.74 Å². The van der Waals surface area contributed by atoms with E-state index in [1.807, 2.05) is 60.8 Å². The smallest absolute Gasteiger partial charge is 0.174 e. The maximum atomic E-state index is 5.85. The second kappa shape index (κ2) is 8.76. The first-order valence-electron chi connectivity index (χ1n) is 10.2. The van der Waals surface area contributed by atoms with Crippen molar-refractivity contribution in [1.29, 1.82) is 0 Å². The fourth-order valence-electron chi connectivity index (χ4n) is 4.22. The fourth-order valence-corrected chi connectivity index (χ4v) is 4.82. The summed E-state index contributed by atoms with van der Waals surface area (Å²) < 4.78 is 8.93. The third kappa shape index (κ3) is 3.67. The molecule has 4 aromatic rings. The van der Waals surface area contributed by atoms with Gasteiger partial charge in [-0.3, -0.25) is 4.98 Å². The third-order valence-electron chi connectivity index (χ3n) is 5.63. The molecule has 5 rings (SSSR count). The van der Waals surface area contributed by atoms with Crippen molar-refractivity contribution in [3.8, 4) is 11.4 Å². The lowest BCUT2D eigenvalue weighted by molar-refractivity contribution is 0.414. The van der Waals surface area contributed by atoms with E-state index in [2.05, 4.69) is 66.2 Å². The predicted octanol–water partition coefficient (Wildman–Crippen LogP) is 5.82. The van der Waals surface area contributed by atoms with Crippen LogP contribution in [0.4, 0.5) is 5.69 Å². The van der Waals surface area contributed by atoms with Crippen LogP contribution in [0.15, 0.2) is 95.7 Å². The minimum atomic E-state index is -0.132. The van der Waals surface area contributed by atoms with E-state index in [1.165, 1.54) is 0 Å². The summed E-state index contributed by atoms with van der Waals surface area (Å²) in [7, 11) is 1.68. The molecule has 7 heteroatoms. The highest BCUT2D eigenvalue weighted by Crippen LogP contribution is 2.44. The Morgan fingerprint density at radius 2 is 1.75 bits per heavy atom. The second-order valence-corrected chi connectivity index (χ2v) is 8.75. The summed E-state index contributed by atoms with van der Waals surface area (Å²) in [5.74, 6) is 0.769. The highest BCUT2D eigenvalue weighted by molar-refractivity contribution is 9.10. The molecule has 1 saturated heterocycles. The summed E-state index contributed by atoms with van der Waals surface area (Å²) in [6.45, 7) is 0. The summed E-state index contributed by atoms with van der Waals surface area (Å²) in [5, 5.41) is 4.15. The van der Waals surface area contributed by atoms with Crippen molar-refractivity contribution in [2.45, 2.75) is 12.1 Å². The highest BCUT2D eigenvalue weighted by Gasteiger charge is 2.43. The average molecular weight is 505 g/mol. The Balaban J connectivity index is 1.68. The van der Waals surface area contributed by atoms with Crippen molar-refractivity contribution in [3.63, 3.8) is 0 Å². The molecule has 3 heterocycles. The first kappa shape index (κ1) is 20.7. The predicted molar refractivity (Wildman–Crippen MR) is 134 cm³/mol. The molecule has 32 heavy (non-hydrogen) atoms. The van der Waals surface area contributed by atoms with E-state index in [0.717, 1.165) is 33.0 Å². The van der Waals surface area contributed by atoms with Crippen molar-refractivity contribution in [3.05, 3.63) is 107 Å². The zero-order valence-corrected chi connectivity index (χ0v) is 19.8. The number of benzene rings is 2. The molecule has 0 spiro atoms. The van der Waals surface area contributed by atoms with Crippen LogP contribution in [0.5, 0.6) is 5.75 Å². The van der Waals surface area contributed by atoms with Crippen LogP contribution in [0.3, 0.4) is 0 Å². The lowest BCUT2D eigenvalue weighted by Crippen LogP contribution is -2.30. The monoisotopic (exact) mass is 504 g/mol. The van der Waals surface area contributed by atoms with E-state index in [4.69, 9.17) is 17.0 Å². The van der Waals surface area contributed by atoms with Crippen LogP contribution in [0, 0.1) is 0 Å². The zero-order chi connectivity index (χ0) is 22.1. The molecular formula is C25H21BrN4OS. The summed E-state index contributed by atoms with van der Waals surface area (Å²) in [5.41, 5.74) is 4.02. The van der Waals surface area contributed by atoms with E-state index >= 15 is 0 Å². The molecule has 2 aromatic heterocycles. The molecule has 1 N–H and O–H groups in total. The van der Waals surface area contributed by atoms with Crippen LogP contribution in [-0.2, 0) is 0 Å². The van der Waals surface area contributed by atoms with E-state index in [1.54, 1.807) is 7.11 Å². The molecule has 0 saturated carbocycles. The van der Waals surface area contributed by atoms with Gasteiger partial charge in [0, 0.05) is 28.2 Å². The molecule has 160 valence electrons. The topological polar surface area (TPSA) is 42.3 Å². The number of aromatic nitrogens is 2. The molecule has 1 aliphatic heterocycles. The first-order valence-corrected chi connectivity index (χ1v) is 11.4. The minimum Gasteiger partial charge on any atom is -0.495 e. The molecule has 0 aliphatic carbocycles. The van der Waals surface area contributed by atoms with Gasteiger partial charge in [0.2, 0.25) is 0 Å². The van der Waals surface area contributed by atoms with Crippen LogP contribution in [0.2, 0.25) is 0 Å². The van der Waals surface area contributed by atoms with E-state index in [9.17, 15) is 0 Å². The number of methoxy groups -OCH3 is 1. The van der Waals surface area contributed by atoms with Gasteiger partial charge in [-0.25, -0.2) is 0 Å². The van der Waals surface area contributed by atoms with E-state index < -0.39 is 0 Å². The second-order valence-electron chi connectivity index (χ2n) is 7.45. The quantitative estimate of drug-likeness (QED) is 0.346. The number of anilines is 1. The number of ether oxygens (including phenoxy) is 1. The van der Waals surface area contributed by atoms with Crippen molar-refractivity contribution in [2.75, 3.05) is 12.0 Å². The van der Waals surface area contributed by atoms with Crippen LogP contribution < -0.4 is 15.0 Å². The molecule has 0 radical (unpaired) electrons. The van der Waals surface area contributed by atoms with Gasteiger partial charge in [-0.1, -0.05) is 34.1 Å². The number of nitrogens with zero attached hydrogens (tertiary/aromatic N) is 3. The van der Waals surface area contributed by atoms with Crippen LogP contribution >= 0.6 is 28.1 Å². The van der Waals surface area contributed by atoms with E-state index in [0.29, 0.717) is 5.11 Å². The molecule has 1 fully saturated rings. The number of pyridine rings is 1. The van der Waals surface area contributed by atoms with Crippen molar-refractivity contribution >= 4 is 38.9 Å². The molecule has 0 amide bonds. The van der Waals surface area contributed by atoms with Crippen LogP contribution in [0.25, 0.3) is 5.69 Å². The van der Waals surface area contributed by atoms with Gasteiger partial charge in [0.1, 0.15) is 11.8 Å². The van der Waals surface area contributed by atoms with Gasteiger partial charge in [-0.2, -0.15) is 0 Å².